The van der Waals surface area contributed by atoms with Gasteiger partial charge in [-0.15, -0.1) is 0 Å². The van der Waals surface area contributed by atoms with Crippen LogP contribution in [0.25, 0.3) is 22.2 Å². The van der Waals surface area contributed by atoms with Gasteiger partial charge in [0, 0.05) is 16.6 Å². The molecule has 2 N–H and O–H groups in total. The smallest absolute Gasteiger partial charge is 0.120 e. The molecule has 0 fully saturated rings. The topological polar surface area (TPSA) is 48.1 Å². The number of fused-ring (bicyclic) bond motifs is 1. The molecule has 0 atom stereocenters. The molecule has 0 aliphatic heterocycles. The normalized spacial score (nSPS) is 11.0. The average Bonchev–Trinajstić information content (AvgIpc) is 2.48. The minimum absolute atomic E-state index is 0.139. The molecule has 2 aromatic carbocycles. The molecule has 3 nitrogen and oxygen atoms in total. The minimum atomic E-state index is 0.139. The fourth-order valence-corrected chi connectivity index (χ4v) is 2.33. The van der Waals surface area contributed by atoms with Crippen LogP contribution in [0.5, 0.6) is 5.75 Å². The lowest BCUT2D eigenvalue weighted by atomic mass is 10.1. The standard InChI is InChI=1S/C18H18N2O/c1-12(2)21-14-8-9-17-15(10-14)16(19)11-18(20-17)13-6-4-3-5-7-13/h3-12H,1-2H3,(H2,19,20). The zero-order chi connectivity index (χ0) is 14.8. The summed E-state index contributed by atoms with van der Waals surface area (Å²) in [6.45, 7) is 4.01. The Labute approximate surface area is 124 Å². The van der Waals surface area contributed by atoms with Gasteiger partial charge in [0.25, 0.3) is 0 Å². The fraction of sp³-hybridized carbons (Fsp3) is 0.167. The highest BCUT2D eigenvalue weighted by molar-refractivity contribution is 5.93. The summed E-state index contributed by atoms with van der Waals surface area (Å²) in [6, 6.07) is 17.8. The highest BCUT2D eigenvalue weighted by Crippen LogP contribution is 2.29. The van der Waals surface area contributed by atoms with Gasteiger partial charge in [0.2, 0.25) is 0 Å². The molecule has 0 radical (unpaired) electrons. The van der Waals surface area contributed by atoms with Gasteiger partial charge >= 0.3 is 0 Å². The Morgan fingerprint density at radius 1 is 1.00 bits per heavy atom. The molecule has 106 valence electrons. The number of ether oxygens (including phenoxy) is 1. The average molecular weight is 278 g/mol. The summed E-state index contributed by atoms with van der Waals surface area (Å²) >= 11 is 0. The molecular weight excluding hydrogens is 260 g/mol. The molecule has 3 heteroatoms. The van der Waals surface area contributed by atoms with Crippen molar-refractivity contribution in [3.63, 3.8) is 0 Å². The molecule has 3 aromatic rings. The van der Waals surface area contributed by atoms with E-state index >= 15 is 0 Å². The first-order valence-electron chi connectivity index (χ1n) is 7.06. The van der Waals surface area contributed by atoms with E-state index in [9.17, 15) is 0 Å². The third-order valence-corrected chi connectivity index (χ3v) is 3.25. The Morgan fingerprint density at radius 2 is 1.76 bits per heavy atom. The van der Waals surface area contributed by atoms with Crippen molar-refractivity contribution in [1.82, 2.24) is 4.98 Å². The number of nitrogens with zero attached hydrogens (tertiary/aromatic N) is 1. The molecule has 0 unspecified atom stereocenters. The van der Waals surface area contributed by atoms with E-state index in [0.29, 0.717) is 5.69 Å². The molecule has 0 amide bonds. The summed E-state index contributed by atoms with van der Waals surface area (Å²) in [5.41, 5.74) is 9.74. The van der Waals surface area contributed by atoms with Crippen LogP contribution in [0, 0.1) is 0 Å². The molecule has 0 saturated heterocycles. The maximum absolute atomic E-state index is 6.20. The molecule has 3 rings (SSSR count). The number of anilines is 1. The molecule has 1 aromatic heterocycles. The number of nitrogen functional groups attached to an aromatic ring is 1. The maximum Gasteiger partial charge on any atom is 0.120 e. The fourth-order valence-electron chi connectivity index (χ4n) is 2.33. The van der Waals surface area contributed by atoms with Crippen molar-refractivity contribution >= 4 is 16.6 Å². The number of aromatic nitrogens is 1. The van der Waals surface area contributed by atoms with Crippen molar-refractivity contribution in [3.8, 4) is 17.0 Å². The molecule has 0 aliphatic carbocycles. The van der Waals surface area contributed by atoms with Crippen LogP contribution >= 0.6 is 0 Å². The first-order valence-corrected chi connectivity index (χ1v) is 7.06. The van der Waals surface area contributed by atoms with Crippen LogP contribution in [-0.4, -0.2) is 11.1 Å². The van der Waals surface area contributed by atoms with Crippen LogP contribution in [-0.2, 0) is 0 Å². The number of rotatable bonds is 3. The van der Waals surface area contributed by atoms with E-state index in [0.717, 1.165) is 27.9 Å². The number of nitrogens with two attached hydrogens (primary N) is 1. The summed E-state index contributed by atoms with van der Waals surface area (Å²) < 4.78 is 5.71. The van der Waals surface area contributed by atoms with Crippen molar-refractivity contribution < 1.29 is 4.74 Å². The summed E-state index contributed by atoms with van der Waals surface area (Å²) in [5, 5.41) is 0.924. The lowest BCUT2D eigenvalue weighted by Gasteiger charge is -2.12. The summed E-state index contributed by atoms with van der Waals surface area (Å²) in [6.07, 6.45) is 0.139. The van der Waals surface area contributed by atoms with E-state index in [1.165, 1.54) is 0 Å². The van der Waals surface area contributed by atoms with Gasteiger partial charge in [-0.1, -0.05) is 30.3 Å². The molecule has 0 aliphatic rings. The molecule has 1 heterocycles. The number of hydrogen-bond donors (Lipinski definition) is 1. The summed E-state index contributed by atoms with van der Waals surface area (Å²) in [4.78, 5) is 4.69. The van der Waals surface area contributed by atoms with Crippen molar-refractivity contribution in [3.05, 3.63) is 54.6 Å². The molecular formula is C18H18N2O. The van der Waals surface area contributed by atoms with Gasteiger partial charge in [0.1, 0.15) is 5.75 Å². The Hall–Kier alpha value is -2.55. The van der Waals surface area contributed by atoms with Gasteiger partial charge in [-0.05, 0) is 38.1 Å². The van der Waals surface area contributed by atoms with E-state index in [1.807, 2.05) is 68.4 Å². The van der Waals surface area contributed by atoms with E-state index in [4.69, 9.17) is 15.5 Å². The Morgan fingerprint density at radius 3 is 2.48 bits per heavy atom. The minimum Gasteiger partial charge on any atom is -0.491 e. The third-order valence-electron chi connectivity index (χ3n) is 3.25. The number of pyridine rings is 1. The lowest BCUT2D eigenvalue weighted by Crippen LogP contribution is -2.05. The van der Waals surface area contributed by atoms with Gasteiger partial charge in [-0.3, -0.25) is 0 Å². The van der Waals surface area contributed by atoms with Gasteiger partial charge in [-0.25, -0.2) is 4.98 Å². The van der Waals surface area contributed by atoms with Crippen molar-refractivity contribution in [1.29, 1.82) is 0 Å². The van der Waals surface area contributed by atoms with Crippen LogP contribution < -0.4 is 10.5 Å². The van der Waals surface area contributed by atoms with Gasteiger partial charge < -0.3 is 10.5 Å². The second kappa shape index (κ2) is 5.44. The second-order valence-electron chi connectivity index (χ2n) is 5.31. The van der Waals surface area contributed by atoms with Crippen LogP contribution in [0.15, 0.2) is 54.6 Å². The zero-order valence-electron chi connectivity index (χ0n) is 12.2. The third kappa shape index (κ3) is 2.82. The predicted octanol–water partition coefficient (Wildman–Crippen LogP) is 4.27. The first-order chi connectivity index (χ1) is 10.1. The van der Waals surface area contributed by atoms with E-state index in [2.05, 4.69) is 0 Å². The van der Waals surface area contributed by atoms with Gasteiger partial charge in [0.15, 0.2) is 0 Å². The monoisotopic (exact) mass is 278 g/mol. The van der Waals surface area contributed by atoms with Crippen molar-refractivity contribution in [2.75, 3.05) is 5.73 Å². The van der Waals surface area contributed by atoms with E-state index in [-0.39, 0.29) is 6.10 Å². The van der Waals surface area contributed by atoms with Gasteiger partial charge in [-0.2, -0.15) is 0 Å². The molecule has 0 bridgehead atoms. The Kier molecular flexibility index (Phi) is 3.48. The Bertz CT molecular complexity index is 767. The largest absolute Gasteiger partial charge is 0.491 e. The quantitative estimate of drug-likeness (QED) is 0.778. The van der Waals surface area contributed by atoms with Crippen LogP contribution in [0.4, 0.5) is 5.69 Å². The van der Waals surface area contributed by atoms with Crippen molar-refractivity contribution in [2.45, 2.75) is 20.0 Å². The molecule has 0 saturated carbocycles. The van der Waals surface area contributed by atoms with E-state index in [1.54, 1.807) is 0 Å². The molecule has 21 heavy (non-hydrogen) atoms. The summed E-state index contributed by atoms with van der Waals surface area (Å²) in [7, 11) is 0. The first kappa shape index (κ1) is 13.4. The predicted molar refractivity (Wildman–Crippen MR) is 87.4 cm³/mol. The number of hydrogen-bond acceptors (Lipinski definition) is 3. The second-order valence-corrected chi connectivity index (χ2v) is 5.31. The summed E-state index contributed by atoms with van der Waals surface area (Å²) in [5.74, 6) is 0.818. The van der Waals surface area contributed by atoms with Crippen LogP contribution in [0.1, 0.15) is 13.8 Å². The Balaban J connectivity index is 2.09. The SMILES string of the molecule is CC(C)Oc1ccc2nc(-c3ccccc3)cc(N)c2c1. The van der Waals surface area contributed by atoms with Crippen LogP contribution in [0.3, 0.4) is 0 Å². The van der Waals surface area contributed by atoms with Crippen LogP contribution in [0.2, 0.25) is 0 Å². The van der Waals surface area contributed by atoms with E-state index < -0.39 is 0 Å². The van der Waals surface area contributed by atoms with Crippen molar-refractivity contribution in [2.24, 2.45) is 0 Å². The molecule has 0 spiro atoms. The highest BCUT2D eigenvalue weighted by atomic mass is 16.5. The lowest BCUT2D eigenvalue weighted by molar-refractivity contribution is 0.243. The maximum atomic E-state index is 6.20. The zero-order valence-corrected chi connectivity index (χ0v) is 12.2. The number of benzene rings is 2. The van der Waals surface area contributed by atoms with Gasteiger partial charge in [0.05, 0.1) is 17.3 Å². The highest BCUT2D eigenvalue weighted by Gasteiger charge is 2.07.